The molecule has 0 aliphatic heterocycles. The van der Waals surface area contributed by atoms with Crippen LogP contribution in [0.2, 0.25) is 0 Å². The quantitative estimate of drug-likeness (QED) is 0.607. The zero-order chi connectivity index (χ0) is 13.1. The number of carboxylic acids is 1. The minimum absolute atomic E-state index is 0.105. The fourth-order valence-electron chi connectivity index (χ4n) is 2.83. The van der Waals surface area contributed by atoms with E-state index >= 15 is 0 Å². The first kappa shape index (κ1) is 14.0. The molecule has 4 heteroatoms. The number of rotatable bonds is 4. The molecule has 4 nitrogen and oxygen atoms in total. The molecule has 3 atom stereocenters. The van der Waals surface area contributed by atoms with Gasteiger partial charge >= 0.3 is 11.9 Å². The Labute approximate surface area is 102 Å². The minimum atomic E-state index is -1.39. The summed E-state index contributed by atoms with van der Waals surface area (Å²) >= 11 is 0. The molecule has 1 fully saturated rings. The topological polar surface area (TPSA) is 63.6 Å². The predicted octanol–water partition coefficient (Wildman–Crippen LogP) is 2.47. The average molecular weight is 242 g/mol. The summed E-state index contributed by atoms with van der Waals surface area (Å²) in [4.78, 5) is 23.2. The van der Waals surface area contributed by atoms with Crippen LogP contribution < -0.4 is 0 Å². The largest absolute Gasteiger partial charge is 0.480 e. The van der Waals surface area contributed by atoms with Crippen molar-refractivity contribution in [2.75, 3.05) is 7.11 Å². The van der Waals surface area contributed by atoms with Gasteiger partial charge in [0.05, 0.1) is 7.11 Å². The molecular formula is C13H22O4. The van der Waals surface area contributed by atoms with E-state index < -0.39 is 17.4 Å². The second-order valence-electron chi connectivity index (χ2n) is 5.14. The Balaban J connectivity index is 2.91. The van der Waals surface area contributed by atoms with Crippen LogP contribution in [0.4, 0.5) is 0 Å². The molecule has 0 aromatic rings. The fraction of sp³-hybridized carbons (Fsp3) is 0.846. The van der Waals surface area contributed by atoms with Crippen LogP contribution in [0.1, 0.15) is 46.0 Å². The van der Waals surface area contributed by atoms with E-state index in [1.54, 1.807) is 0 Å². The van der Waals surface area contributed by atoms with Crippen LogP contribution in [-0.2, 0) is 14.3 Å². The average Bonchev–Trinajstić information content (AvgIpc) is 2.36. The maximum absolute atomic E-state index is 11.8. The van der Waals surface area contributed by atoms with Gasteiger partial charge in [-0.05, 0) is 31.6 Å². The smallest absolute Gasteiger partial charge is 0.323 e. The molecule has 1 aliphatic rings. The summed E-state index contributed by atoms with van der Waals surface area (Å²) in [5.74, 6) is -1.25. The molecule has 0 aromatic carbocycles. The molecule has 0 bridgehead atoms. The second-order valence-corrected chi connectivity index (χ2v) is 5.14. The summed E-state index contributed by atoms with van der Waals surface area (Å²) in [6, 6.07) is 0. The standard InChI is InChI=1S/C13H22O4/c1-4-9-6-5-7-10(8-9)13(2,11(14)15)12(16)17-3/h9-10H,4-8H2,1-3H3,(H,14,15). The van der Waals surface area contributed by atoms with Crippen molar-refractivity contribution < 1.29 is 19.4 Å². The van der Waals surface area contributed by atoms with Crippen LogP contribution in [0.5, 0.6) is 0 Å². The number of carboxylic acid groups (broad SMARTS) is 1. The van der Waals surface area contributed by atoms with Crippen molar-refractivity contribution in [2.24, 2.45) is 17.3 Å². The third-order valence-corrected chi connectivity index (χ3v) is 4.23. The minimum Gasteiger partial charge on any atom is -0.480 e. The number of hydrogen-bond donors (Lipinski definition) is 1. The summed E-state index contributed by atoms with van der Waals surface area (Å²) in [7, 11) is 1.25. The normalized spacial score (nSPS) is 28.2. The van der Waals surface area contributed by atoms with E-state index in [0.717, 1.165) is 32.1 Å². The van der Waals surface area contributed by atoms with E-state index in [0.29, 0.717) is 5.92 Å². The lowest BCUT2D eigenvalue weighted by molar-refractivity contribution is -0.171. The van der Waals surface area contributed by atoms with E-state index in [1.807, 2.05) is 0 Å². The number of carbonyl (C=O) groups excluding carboxylic acids is 1. The van der Waals surface area contributed by atoms with Crippen LogP contribution >= 0.6 is 0 Å². The summed E-state index contributed by atoms with van der Waals surface area (Å²) < 4.78 is 4.68. The van der Waals surface area contributed by atoms with E-state index in [-0.39, 0.29) is 5.92 Å². The van der Waals surface area contributed by atoms with Crippen LogP contribution in [0.25, 0.3) is 0 Å². The number of hydrogen-bond acceptors (Lipinski definition) is 3. The van der Waals surface area contributed by atoms with E-state index in [2.05, 4.69) is 11.7 Å². The van der Waals surface area contributed by atoms with E-state index in [4.69, 9.17) is 0 Å². The molecule has 0 aromatic heterocycles. The van der Waals surface area contributed by atoms with Crippen LogP contribution in [0.3, 0.4) is 0 Å². The number of esters is 1. The third kappa shape index (κ3) is 2.61. The van der Waals surface area contributed by atoms with Crippen LogP contribution in [0.15, 0.2) is 0 Å². The maximum atomic E-state index is 11.8. The van der Waals surface area contributed by atoms with Gasteiger partial charge in [-0.15, -0.1) is 0 Å². The van der Waals surface area contributed by atoms with Gasteiger partial charge in [0.15, 0.2) is 5.41 Å². The predicted molar refractivity (Wildman–Crippen MR) is 63.5 cm³/mol. The Bertz CT molecular complexity index is 300. The molecule has 1 saturated carbocycles. The van der Waals surface area contributed by atoms with Crippen LogP contribution in [0, 0.1) is 17.3 Å². The van der Waals surface area contributed by atoms with Crippen molar-refractivity contribution in [3.63, 3.8) is 0 Å². The number of methoxy groups -OCH3 is 1. The highest BCUT2D eigenvalue weighted by molar-refractivity contribution is 5.99. The summed E-state index contributed by atoms with van der Waals surface area (Å²) in [6.45, 7) is 3.62. The van der Waals surface area contributed by atoms with Crippen molar-refractivity contribution in [2.45, 2.75) is 46.0 Å². The van der Waals surface area contributed by atoms with Gasteiger partial charge in [0.2, 0.25) is 0 Å². The first-order valence-electron chi connectivity index (χ1n) is 6.28. The Hall–Kier alpha value is -1.06. The lowest BCUT2D eigenvalue weighted by Gasteiger charge is -2.37. The highest BCUT2D eigenvalue weighted by Gasteiger charge is 2.50. The van der Waals surface area contributed by atoms with Gasteiger partial charge in [0, 0.05) is 0 Å². The number of ether oxygens (including phenoxy) is 1. The summed E-state index contributed by atoms with van der Waals surface area (Å²) in [5.41, 5.74) is -1.39. The van der Waals surface area contributed by atoms with Gasteiger partial charge < -0.3 is 9.84 Å². The van der Waals surface area contributed by atoms with Crippen molar-refractivity contribution in [3.05, 3.63) is 0 Å². The van der Waals surface area contributed by atoms with E-state index in [9.17, 15) is 14.7 Å². The van der Waals surface area contributed by atoms with Crippen molar-refractivity contribution in [1.29, 1.82) is 0 Å². The molecule has 0 amide bonds. The SMILES string of the molecule is CCC1CCCC(C(C)(C(=O)O)C(=O)OC)C1. The van der Waals surface area contributed by atoms with Gasteiger partial charge in [0.1, 0.15) is 0 Å². The molecule has 1 rings (SSSR count). The molecule has 1 N–H and O–H groups in total. The number of aliphatic carboxylic acids is 1. The fourth-order valence-corrected chi connectivity index (χ4v) is 2.83. The summed E-state index contributed by atoms with van der Waals surface area (Å²) in [5, 5.41) is 9.34. The van der Waals surface area contributed by atoms with Gasteiger partial charge in [0.25, 0.3) is 0 Å². The molecule has 0 heterocycles. The molecule has 98 valence electrons. The molecular weight excluding hydrogens is 220 g/mol. The summed E-state index contributed by atoms with van der Waals surface area (Å²) in [6.07, 6.45) is 4.81. The number of carbonyl (C=O) groups is 2. The monoisotopic (exact) mass is 242 g/mol. The second kappa shape index (κ2) is 5.52. The van der Waals surface area contributed by atoms with E-state index in [1.165, 1.54) is 14.0 Å². The third-order valence-electron chi connectivity index (χ3n) is 4.23. The Morgan fingerprint density at radius 2 is 2.06 bits per heavy atom. The zero-order valence-corrected chi connectivity index (χ0v) is 10.9. The first-order chi connectivity index (χ1) is 7.96. The van der Waals surface area contributed by atoms with Gasteiger partial charge in [-0.25, -0.2) is 0 Å². The highest BCUT2D eigenvalue weighted by Crippen LogP contribution is 2.42. The molecule has 0 saturated heterocycles. The van der Waals surface area contributed by atoms with Crippen molar-refractivity contribution in [1.82, 2.24) is 0 Å². The Morgan fingerprint density at radius 3 is 2.53 bits per heavy atom. The molecule has 17 heavy (non-hydrogen) atoms. The van der Waals surface area contributed by atoms with Crippen molar-refractivity contribution >= 4 is 11.9 Å². The van der Waals surface area contributed by atoms with Crippen molar-refractivity contribution in [3.8, 4) is 0 Å². The zero-order valence-electron chi connectivity index (χ0n) is 10.9. The molecule has 1 aliphatic carbocycles. The maximum Gasteiger partial charge on any atom is 0.323 e. The Kier molecular flexibility index (Phi) is 4.54. The molecule has 3 unspecified atom stereocenters. The lowest BCUT2D eigenvalue weighted by Crippen LogP contribution is -2.45. The first-order valence-corrected chi connectivity index (χ1v) is 6.28. The van der Waals surface area contributed by atoms with Gasteiger partial charge in [-0.1, -0.05) is 26.2 Å². The van der Waals surface area contributed by atoms with Gasteiger partial charge in [-0.3, -0.25) is 9.59 Å². The van der Waals surface area contributed by atoms with Gasteiger partial charge in [-0.2, -0.15) is 0 Å². The van der Waals surface area contributed by atoms with Crippen LogP contribution in [-0.4, -0.2) is 24.2 Å². The molecule has 0 spiro atoms. The lowest BCUT2D eigenvalue weighted by atomic mass is 9.66. The Morgan fingerprint density at radius 1 is 1.41 bits per heavy atom. The highest BCUT2D eigenvalue weighted by atomic mass is 16.5. The molecule has 0 radical (unpaired) electrons.